The topological polar surface area (TPSA) is 46.6 Å². The first-order valence-electron chi connectivity index (χ1n) is 6.58. The third kappa shape index (κ3) is 3.87. The maximum atomic E-state index is 11.4. The number of benzene rings is 1. The number of ether oxygens (including phenoxy) is 1. The molecule has 0 radical (unpaired) electrons. The molecule has 6 heteroatoms. The second-order valence-electron chi connectivity index (χ2n) is 5.51. The van der Waals surface area contributed by atoms with E-state index in [1.54, 1.807) is 0 Å². The third-order valence-corrected chi connectivity index (χ3v) is 4.85. The first kappa shape index (κ1) is 15.6. The highest BCUT2D eigenvalue weighted by Gasteiger charge is 2.21. The summed E-state index contributed by atoms with van der Waals surface area (Å²) >= 11 is 6.13. The summed E-state index contributed by atoms with van der Waals surface area (Å²) in [7, 11) is -1.06. The van der Waals surface area contributed by atoms with Gasteiger partial charge in [0.1, 0.15) is 15.6 Å². The summed E-state index contributed by atoms with van der Waals surface area (Å²) in [6.45, 7) is 3.22. The number of fused-ring (bicyclic) bond motifs is 1. The molecule has 0 saturated heterocycles. The Morgan fingerprint density at radius 1 is 1.45 bits per heavy atom. The molecule has 1 heterocycles. The lowest BCUT2D eigenvalue weighted by Gasteiger charge is -2.25. The van der Waals surface area contributed by atoms with Gasteiger partial charge in [-0.2, -0.15) is 0 Å². The van der Waals surface area contributed by atoms with E-state index in [0.717, 1.165) is 23.3 Å². The fraction of sp³-hybridized carbons (Fsp3) is 0.571. The van der Waals surface area contributed by atoms with Crippen molar-refractivity contribution in [3.05, 3.63) is 28.3 Å². The average Bonchev–Trinajstić information content (AvgIpc) is 2.74. The normalized spacial score (nSPS) is 16.1. The molecule has 0 saturated carbocycles. The monoisotopic (exact) mass is 317 g/mol. The standard InChI is InChI=1S/C14H20ClNO3S/c1-10(9-20(3,17)18)16(2)8-12-7-13(15)6-11-4-5-19-14(11)12/h6-7,10H,4-5,8-9H2,1-3H3/t10-/m1/s1. The van der Waals surface area contributed by atoms with Crippen LogP contribution in [0.2, 0.25) is 5.02 Å². The largest absolute Gasteiger partial charge is 0.493 e. The Morgan fingerprint density at radius 3 is 2.80 bits per heavy atom. The smallest absolute Gasteiger partial charge is 0.148 e. The van der Waals surface area contributed by atoms with E-state index in [1.807, 2.05) is 31.0 Å². The van der Waals surface area contributed by atoms with Crippen LogP contribution in [0.15, 0.2) is 12.1 Å². The second kappa shape index (κ2) is 5.92. The average molecular weight is 318 g/mol. The lowest BCUT2D eigenvalue weighted by molar-refractivity contribution is 0.261. The van der Waals surface area contributed by atoms with Crippen molar-refractivity contribution in [1.29, 1.82) is 0 Å². The lowest BCUT2D eigenvalue weighted by atomic mass is 10.1. The predicted molar refractivity (Wildman–Crippen MR) is 81.3 cm³/mol. The van der Waals surface area contributed by atoms with Crippen LogP contribution >= 0.6 is 11.6 Å². The zero-order valence-electron chi connectivity index (χ0n) is 12.0. The van der Waals surface area contributed by atoms with Gasteiger partial charge in [-0.05, 0) is 31.7 Å². The van der Waals surface area contributed by atoms with Gasteiger partial charge in [0.05, 0.1) is 12.4 Å². The fourth-order valence-corrected chi connectivity index (χ4v) is 3.85. The molecule has 1 atom stereocenters. The molecule has 4 nitrogen and oxygen atoms in total. The van der Waals surface area contributed by atoms with Gasteiger partial charge in [-0.15, -0.1) is 0 Å². The highest BCUT2D eigenvalue weighted by atomic mass is 35.5. The van der Waals surface area contributed by atoms with E-state index in [-0.39, 0.29) is 11.8 Å². The molecule has 112 valence electrons. The van der Waals surface area contributed by atoms with Crippen LogP contribution < -0.4 is 4.74 Å². The maximum Gasteiger partial charge on any atom is 0.148 e. The van der Waals surface area contributed by atoms with Crippen molar-refractivity contribution in [1.82, 2.24) is 4.90 Å². The Labute approximate surface area is 125 Å². The van der Waals surface area contributed by atoms with E-state index in [0.29, 0.717) is 18.2 Å². The molecule has 2 rings (SSSR count). The summed E-state index contributed by atoms with van der Waals surface area (Å²) < 4.78 is 28.4. The summed E-state index contributed by atoms with van der Waals surface area (Å²) in [5.74, 6) is 1.06. The van der Waals surface area contributed by atoms with E-state index in [9.17, 15) is 8.42 Å². The fourth-order valence-electron chi connectivity index (χ4n) is 2.45. The van der Waals surface area contributed by atoms with Crippen LogP contribution in [-0.4, -0.2) is 45.0 Å². The van der Waals surface area contributed by atoms with Crippen LogP contribution in [0.3, 0.4) is 0 Å². The lowest BCUT2D eigenvalue weighted by Crippen LogP contribution is -2.34. The molecular formula is C14H20ClNO3S. The summed E-state index contributed by atoms with van der Waals surface area (Å²) in [6.07, 6.45) is 2.14. The Kier molecular flexibility index (Phi) is 4.62. The molecule has 1 aromatic rings. The van der Waals surface area contributed by atoms with Gasteiger partial charge in [0.15, 0.2) is 0 Å². The number of rotatable bonds is 5. The molecule has 0 amide bonds. The second-order valence-corrected chi connectivity index (χ2v) is 8.13. The van der Waals surface area contributed by atoms with Gasteiger partial charge < -0.3 is 4.74 Å². The molecule has 20 heavy (non-hydrogen) atoms. The van der Waals surface area contributed by atoms with Crippen LogP contribution in [0.4, 0.5) is 0 Å². The summed E-state index contributed by atoms with van der Waals surface area (Å²) in [6, 6.07) is 3.78. The SMILES string of the molecule is C[C@H](CS(C)(=O)=O)N(C)Cc1cc(Cl)cc2c1OCC2. The van der Waals surface area contributed by atoms with Gasteiger partial charge in [0, 0.05) is 35.8 Å². The minimum atomic E-state index is -2.98. The van der Waals surface area contributed by atoms with E-state index >= 15 is 0 Å². The van der Waals surface area contributed by atoms with Crippen LogP contribution in [0.5, 0.6) is 5.75 Å². The number of hydrogen-bond acceptors (Lipinski definition) is 4. The summed E-state index contributed by atoms with van der Waals surface area (Å²) in [4.78, 5) is 2.01. The van der Waals surface area contributed by atoms with Crippen molar-refractivity contribution in [3.63, 3.8) is 0 Å². The van der Waals surface area contributed by atoms with Crippen LogP contribution in [0.25, 0.3) is 0 Å². The zero-order valence-corrected chi connectivity index (χ0v) is 13.6. The Balaban J connectivity index is 2.14. The molecule has 0 bridgehead atoms. The number of halogens is 1. The number of sulfone groups is 1. The van der Waals surface area contributed by atoms with Gasteiger partial charge >= 0.3 is 0 Å². The van der Waals surface area contributed by atoms with Gasteiger partial charge in [-0.3, -0.25) is 4.90 Å². The molecular weight excluding hydrogens is 298 g/mol. The molecule has 1 aliphatic heterocycles. The summed E-state index contributed by atoms with van der Waals surface area (Å²) in [5.41, 5.74) is 2.16. The van der Waals surface area contributed by atoms with Gasteiger partial charge in [-0.1, -0.05) is 11.6 Å². The van der Waals surface area contributed by atoms with Crippen molar-refractivity contribution in [3.8, 4) is 5.75 Å². The first-order valence-corrected chi connectivity index (χ1v) is 9.02. The van der Waals surface area contributed by atoms with Crippen molar-refractivity contribution in [2.24, 2.45) is 0 Å². The van der Waals surface area contributed by atoms with Crippen molar-refractivity contribution < 1.29 is 13.2 Å². The van der Waals surface area contributed by atoms with Crippen molar-refractivity contribution in [2.45, 2.75) is 25.9 Å². The molecule has 0 fully saturated rings. The molecule has 0 aromatic heterocycles. The highest BCUT2D eigenvalue weighted by molar-refractivity contribution is 7.90. The van der Waals surface area contributed by atoms with Crippen molar-refractivity contribution >= 4 is 21.4 Å². The molecule has 0 N–H and O–H groups in total. The minimum Gasteiger partial charge on any atom is -0.493 e. The minimum absolute atomic E-state index is 0.0546. The zero-order chi connectivity index (χ0) is 14.9. The molecule has 0 spiro atoms. The van der Waals surface area contributed by atoms with E-state index in [4.69, 9.17) is 16.3 Å². The molecule has 1 aromatic carbocycles. The van der Waals surface area contributed by atoms with Gasteiger partial charge in [-0.25, -0.2) is 8.42 Å². The highest BCUT2D eigenvalue weighted by Crippen LogP contribution is 2.33. The summed E-state index contributed by atoms with van der Waals surface area (Å²) in [5, 5.41) is 0.702. The number of hydrogen-bond donors (Lipinski definition) is 0. The molecule has 1 aliphatic rings. The Morgan fingerprint density at radius 2 is 2.15 bits per heavy atom. The third-order valence-electron chi connectivity index (χ3n) is 3.54. The van der Waals surface area contributed by atoms with E-state index in [1.165, 1.54) is 6.26 Å². The van der Waals surface area contributed by atoms with Crippen LogP contribution in [-0.2, 0) is 22.8 Å². The number of nitrogens with zero attached hydrogens (tertiary/aromatic N) is 1. The predicted octanol–water partition coefficient (Wildman–Crippen LogP) is 2.14. The maximum absolute atomic E-state index is 11.4. The molecule has 0 unspecified atom stereocenters. The first-order chi connectivity index (χ1) is 9.26. The Bertz CT molecular complexity index is 601. The quantitative estimate of drug-likeness (QED) is 0.835. The van der Waals surface area contributed by atoms with E-state index < -0.39 is 9.84 Å². The van der Waals surface area contributed by atoms with Gasteiger partial charge in [0.2, 0.25) is 0 Å². The van der Waals surface area contributed by atoms with Crippen molar-refractivity contribution in [2.75, 3.05) is 25.7 Å². The molecule has 0 aliphatic carbocycles. The van der Waals surface area contributed by atoms with Crippen LogP contribution in [0, 0.1) is 0 Å². The van der Waals surface area contributed by atoms with Crippen LogP contribution in [0.1, 0.15) is 18.1 Å². The Hall–Kier alpha value is -0.780. The van der Waals surface area contributed by atoms with Gasteiger partial charge in [0.25, 0.3) is 0 Å². The van der Waals surface area contributed by atoms with E-state index in [2.05, 4.69) is 0 Å².